The molecule has 2 heterocycles. The van der Waals surface area contributed by atoms with Crippen molar-refractivity contribution in [1.82, 2.24) is 0 Å². The van der Waals surface area contributed by atoms with Gasteiger partial charge in [0.1, 0.15) is 0 Å². The van der Waals surface area contributed by atoms with Gasteiger partial charge < -0.3 is 14.4 Å². The lowest BCUT2D eigenvalue weighted by molar-refractivity contribution is -0.182. The fraction of sp³-hybridized carbons (Fsp3) is 0.250. The quantitative estimate of drug-likeness (QED) is 0.452. The molecule has 3 heteroatoms. The zero-order valence-corrected chi connectivity index (χ0v) is 15.5. The minimum atomic E-state index is -0.310. The normalized spacial score (nSPS) is 16.7. The second-order valence-electron chi connectivity index (χ2n) is 7.21. The first-order valence-corrected chi connectivity index (χ1v) is 9.61. The van der Waals surface area contributed by atoms with Gasteiger partial charge in [-0.15, -0.1) is 0 Å². The summed E-state index contributed by atoms with van der Waals surface area (Å²) in [4.78, 5) is 2.39. The van der Waals surface area contributed by atoms with Gasteiger partial charge in [0.05, 0.1) is 18.9 Å². The largest absolute Gasteiger partial charge is 0.348 e. The average molecular weight is 357 g/mol. The summed E-state index contributed by atoms with van der Waals surface area (Å²) < 4.78 is 12.0. The highest BCUT2D eigenvalue weighted by molar-refractivity contribution is 5.86. The molecule has 0 spiro atoms. The van der Waals surface area contributed by atoms with E-state index in [2.05, 4.69) is 78.6 Å². The van der Waals surface area contributed by atoms with Crippen LogP contribution in [0, 0.1) is 6.92 Å². The Labute approximate surface area is 160 Å². The molecule has 3 nitrogen and oxygen atoms in total. The van der Waals surface area contributed by atoms with Gasteiger partial charge in [0.15, 0.2) is 6.29 Å². The summed E-state index contributed by atoms with van der Waals surface area (Å²) in [6.07, 6.45) is 1.60. The standard InChI is InChI=1S/C24H23NO2/c1-17-8-6-11-20(24-26-14-7-15-27-24)23(17)25-21-12-4-2-9-18(21)16-19-10-3-5-13-22(19)25/h2-6,8-13,24H,7,14-16H2,1H3. The Bertz CT molecular complexity index is 930. The van der Waals surface area contributed by atoms with Crippen LogP contribution in [0.4, 0.5) is 17.1 Å². The summed E-state index contributed by atoms with van der Waals surface area (Å²) in [7, 11) is 0. The molecule has 0 saturated carbocycles. The van der Waals surface area contributed by atoms with Crippen LogP contribution in [0.3, 0.4) is 0 Å². The first-order chi connectivity index (χ1) is 13.3. The molecule has 0 aliphatic carbocycles. The fourth-order valence-electron chi connectivity index (χ4n) is 4.18. The summed E-state index contributed by atoms with van der Waals surface area (Å²) >= 11 is 0. The monoisotopic (exact) mass is 357 g/mol. The number of ether oxygens (including phenoxy) is 2. The van der Waals surface area contributed by atoms with E-state index in [0.29, 0.717) is 0 Å². The Morgan fingerprint density at radius 2 is 1.41 bits per heavy atom. The van der Waals surface area contributed by atoms with Crippen molar-refractivity contribution in [3.05, 3.63) is 89.0 Å². The van der Waals surface area contributed by atoms with Crippen molar-refractivity contribution in [3.63, 3.8) is 0 Å². The van der Waals surface area contributed by atoms with Crippen molar-refractivity contribution < 1.29 is 9.47 Å². The van der Waals surface area contributed by atoms with Crippen LogP contribution in [-0.2, 0) is 15.9 Å². The molecular weight excluding hydrogens is 334 g/mol. The van der Waals surface area contributed by atoms with E-state index in [1.165, 1.54) is 33.8 Å². The van der Waals surface area contributed by atoms with Crippen LogP contribution in [-0.4, -0.2) is 13.2 Å². The van der Waals surface area contributed by atoms with Crippen LogP contribution in [0.25, 0.3) is 0 Å². The SMILES string of the molecule is Cc1cccc(C2OCCCO2)c1N1c2ccccc2Cc2ccccc21. The van der Waals surface area contributed by atoms with E-state index in [9.17, 15) is 0 Å². The van der Waals surface area contributed by atoms with E-state index in [1.807, 2.05) is 0 Å². The molecule has 0 radical (unpaired) electrons. The number of anilines is 3. The van der Waals surface area contributed by atoms with Gasteiger partial charge in [-0.25, -0.2) is 0 Å². The first-order valence-electron chi connectivity index (χ1n) is 9.61. The van der Waals surface area contributed by atoms with Crippen LogP contribution in [0.1, 0.15) is 35.0 Å². The summed E-state index contributed by atoms with van der Waals surface area (Å²) in [6, 6.07) is 23.8. The lowest BCUT2D eigenvalue weighted by atomic mass is 9.93. The van der Waals surface area contributed by atoms with Crippen LogP contribution < -0.4 is 4.90 Å². The number of fused-ring (bicyclic) bond motifs is 2. The van der Waals surface area contributed by atoms with Crippen molar-refractivity contribution in [1.29, 1.82) is 0 Å². The maximum atomic E-state index is 5.98. The average Bonchev–Trinajstić information content (AvgIpc) is 2.73. The Hall–Kier alpha value is -2.62. The molecule has 2 aliphatic heterocycles. The van der Waals surface area contributed by atoms with Gasteiger partial charge in [0.25, 0.3) is 0 Å². The predicted octanol–water partition coefficient (Wildman–Crippen LogP) is 5.80. The van der Waals surface area contributed by atoms with E-state index in [0.717, 1.165) is 31.6 Å². The van der Waals surface area contributed by atoms with Crippen molar-refractivity contribution in [2.24, 2.45) is 0 Å². The first kappa shape index (κ1) is 16.5. The molecular formula is C24H23NO2. The zero-order valence-electron chi connectivity index (χ0n) is 15.5. The number of hydrogen-bond donors (Lipinski definition) is 0. The molecule has 0 amide bonds. The third-order valence-corrected chi connectivity index (χ3v) is 5.42. The van der Waals surface area contributed by atoms with E-state index in [4.69, 9.17) is 9.47 Å². The Balaban J connectivity index is 1.74. The fourth-order valence-corrected chi connectivity index (χ4v) is 4.18. The van der Waals surface area contributed by atoms with Crippen molar-refractivity contribution in [2.45, 2.75) is 26.1 Å². The van der Waals surface area contributed by atoms with Gasteiger partial charge in [0, 0.05) is 23.4 Å². The van der Waals surface area contributed by atoms with Crippen LogP contribution in [0.15, 0.2) is 66.7 Å². The minimum absolute atomic E-state index is 0.310. The van der Waals surface area contributed by atoms with Gasteiger partial charge in [-0.1, -0.05) is 54.6 Å². The Morgan fingerprint density at radius 3 is 2.07 bits per heavy atom. The summed E-state index contributed by atoms with van der Waals surface area (Å²) in [5.41, 5.74) is 8.65. The number of aryl methyl sites for hydroxylation is 1. The number of para-hydroxylation sites is 3. The highest BCUT2D eigenvalue weighted by Gasteiger charge is 2.29. The molecule has 3 aromatic carbocycles. The zero-order chi connectivity index (χ0) is 18.2. The summed E-state index contributed by atoms with van der Waals surface area (Å²) in [5.74, 6) is 0. The van der Waals surface area contributed by atoms with E-state index < -0.39 is 0 Å². The molecule has 5 rings (SSSR count). The molecule has 0 aromatic heterocycles. The molecule has 2 aliphatic rings. The number of nitrogens with zero attached hydrogens (tertiary/aromatic N) is 1. The van der Waals surface area contributed by atoms with Crippen LogP contribution >= 0.6 is 0 Å². The van der Waals surface area contributed by atoms with Gasteiger partial charge in [-0.05, 0) is 42.2 Å². The third kappa shape index (κ3) is 2.84. The summed E-state index contributed by atoms with van der Waals surface area (Å²) in [6.45, 7) is 3.65. The van der Waals surface area contributed by atoms with E-state index in [-0.39, 0.29) is 6.29 Å². The number of hydrogen-bond acceptors (Lipinski definition) is 3. The van der Waals surface area contributed by atoms with Gasteiger partial charge in [0.2, 0.25) is 0 Å². The van der Waals surface area contributed by atoms with Gasteiger partial charge in [-0.3, -0.25) is 0 Å². The molecule has 27 heavy (non-hydrogen) atoms. The van der Waals surface area contributed by atoms with Crippen LogP contribution in [0.2, 0.25) is 0 Å². The minimum Gasteiger partial charge on any atom is -0.348 e. The lowest BCUT2D eigenvalue weighted by Gasteiger charge is -2.37. The maximum Gasteiger partial charge on any atom is 0.185 e. The smallest absolute Gasteiger partial charge is 0.185 e. The van der Waals surface area contributed by atoms with Gasteiger partial charge >= 0.3 is 0 Å². The molecule has 136 valence electrons. The van der Waals surface area contributed by atoms with E-state index >= 15 is 0 Å². The number of benzene rings is 3. The Kier molecular flexibility index (Phi) is 4.19. The second-order valence-corrected chi connectivity index (χ2v) is 7.21. The maximum absolute atomic E-state index is 5.98. The number of rotatable bonds is 2. The highest BCUT2D eigenvalue weighted by atomic mass is 16.7. The molecule has 3 aromatic rings. The molecule has 0 atom stereocenters. The second kappa shape index (κ2) is 6.84. The van der Waals surface area contributed by atoms with Crippen molar-refractivity contribution in [3.8, 4) is 0 Å². The predicted molar refractivity (Wildman–Crippen MR) is 108 cm³/mol. The lowest BCUT2D eigenvalue weighted by Crippen LogP contribution is -2.24. The van der Waals surface area contributed by atoms with Gasteiger partial charge in [-0.2, -0.15) is 0 Å². The third-order valence-electron chi connectivity index (χ3n) is 5.42. The van der Waals surface area contributed by atoms with Crippen molar-refractivity contribution >= 4 is 17.1 Å². The highest BCUT2D eigenvalue weighted by Crippen LogP contribution is 2.47. The topological polar surface area (TPSA) is 21.7 Å². The molecule has 0 N–H and O–H groups in total. The summed E-state index contributed by atoms with van der Waals surface area (Å²) in [5, 5.41) is 0. The Morgan fingerprint density at radius 1 is 0.778 bits per heavy atom. The molecule has 1 saturated heterocycles. The molecule has 0 bridgehead atoms. The van der Waals surface area contributed by atoms with Crippen LogP contribution in [0.5, 0.6) is 0 Å². The van der Waals surface area contributed by atoms with E-state index in [1.54, 1.807) is 0 Å². The molecule has 0 unspecified atom stereocenters. The van der Waals surface area contributed by atoms with Crippen molar-refractivity contribution in [2.75, 3.05) is 18.1 Å². The molecule has 1 fully saturated rings.